The number of hydrogen-bond acceptors (Lipinski definition) is 5. The van der Waals surface area contributed by atoms with Gasteiger partial charge in [0.15, 0.2) is 0 Å². The number of ether oxygens (including phenoxy) is 1. The van der Waals surface area contributed by atoms with Crippen LogP contribution in [0.3, 0.4) is 0 Å². The van der Waals surface area contributed by atoms with Crippen molar-refractivity contribution in [3.05, 3.63) is 24.9 Å². The zero-order chi connectivity index (χ0) is 12.6. The molecule has 1 aromatic heterocycles. The minimum absolute atomic E-state index is 0.0366. The molecule has 0 bridgehead atoms. The topological polar surface area (TPSA) is 59.5 Å². The maximum atomic E-state index is 11.2. The average Bonchev–Trinajstić information content (AvgIpc) is 2.27. The zero-order valence-corrected chi connectivity index (χ0v) is 10.7. The van der Waals surface area contributed by atoms with E-state index in [1.165, 1.54) is 12.3 Å². The van der Waals surface area contributed by atoms with Crippen LogP contribution in [-0.4, -0.2) is 33.1 Å². The van der Waals surface area contributed by atoms with E-state index in [9.17, 15) is 8.42 Å². The molecule has 0 aliphatic carbocycles. The lowest BCUT2D eigenvalue weighted by Gasteiger charge is -2.31. The van der Waals surface area contributed by atoms with Crippen molar-refractivity contribution in [1.82, 2.24) is 4.98 Å². The highest BCUT2D eigenvalue weighted by Gasteiger charge is 2.24. The molecule has 0 radical (unpaired) electrons. The summed E-state index contributed by atoms with van der Waals surface area (Å²) < 4.78 is 27.9. The monoisotopic (exact) mass is 274 g/mol. The molecule has 1 aliphatic rings. The Bertz CT molecular complexity index is 559. The number of pyridine rings is 1. The highest BCUT2D eigenvalue weighted by atomic mass is 35.7. The van der Waals surface area contributed by atoms with Gasteiger partial charge in [0.1, 0.15) is 16.7 Å². The van der Waals surface area contributed by atoms with E-state index in [0.29, 0.717) is 18.1 Å². The van der Waals surface area contributed by atoms with Crippen molar-refractivity contribution < 1.29 is 13.2 Å². The molecule has 1 aliphatic heterocycles. The number of aromatic nitrogens is 1. The van der Waals surface area contributed by atoms with Gasteiger partial charge in [-0.05, 0) is 12.1 Å². The van der Waals surface area contributed by atoms with Crippen molar-refractivity contribution in [3.8, 4) is 5.88 Å². The predicted molar refractivity (Wildman–Crippen MR) is 65.2 cm³/mol. The number of fused-ring (bicyclic) bond motifs is 1. The van der Waals surface area contributed by atoms with Crippen LogP contribution < -0.4 is 9.64 Å². The molecule has 92 valence electrons. The van der Waals surface area contributed by atoms with Crippen molar-refractivity contribution in [2.24, 2.45) is 0 Å². The van der Waals surface area contributed by atoms with Gasteiger partial charge in [0.25, 0.3) is 9.05 Å². The van der Waals surface area contributed by atoms with Crippen LogP contribution in [0.5, 0.6) is 5.88 Å². The summed E-state index contributed by atoms with van der Waals surface area (Å²) in [5.41, 5.74) is 0.602. The maximum absolute atomic E-state index is 11.2. The minimum atomic E-state index is -3.77. The first-order chi connectivity index (χ1) is 7.91. The molecular weight excluding hydrogens is 264 g/mol. The first-order valence-corrected chi connectivity index (χ1v) is 7.18. The Kier molecular flexibility index (Phi) is 3.01. The van der Waals surface area contributed by atoms with Crippen molar-refractivity contribution in [2.75, 3.05) is 18.5 Å². The molecule has 0 saturated heterocycles. The van der Waals surface area contributed by atoms with Gasteiger partial charge >= 0.3 is 0 Å². The molecule has 0 saturated carbocycles. The van der Waals surface area contributed by atoms with E-state index in [0.717, 1.165) is 0 Å². The summed E-state index contributed by atoms with van der Waals surface area (Å²) >= 11 is 0. The molecule has 0 aromatic carbocycles. The number of anilines is 1. The molecule has 1 aromatic rings. The van der Waals surface area contributed by atoms with Gasteiger partial charge in [0.2, 0.25) is 5.88 Å². The molecule has 7 heteroatoms. The number of likely N-dealkylation sites (N-methyl/N-ethyl adjacent to an activating group) is 1. The highest BCUT2D eigenvalue weighted by Crippen LogP contribution is 2.33. The number of rotatable bonds is 2. The van der Waals surface area contributed by atoms with Crippen LogP contribution in [0.4, 0.5) is 5.69 Å². The van der Waals surface area contributed by atoms with E-state index >= 15 is 0 Å². The molecule has 0 fully saturated rings. The van der Waals surface area contributed by atoms with Crippen LogP contribution >= 0.6 is 10.7 Å². The van der Waals surface area contributed by atoms with Gasteiger partial charge in [-0.2, -0.15) is 0 Å². The average molecular weight is 275 g/mol. The van der Waals surface area contributed by atoms with Gasteiger partial charge in [-0.1, -0.05) is 6.58 Å². The second kappa shape index (κ2) is 4.19. The summed E-state index contributed by atoms with van der Waals surface area (Å²) in [6.07, 6.45) is 2.70. The molecule has 0 spiro atoms. The van der Waals surface area contributed by atoms with Crippen LogP contribution in [0.15, 0.2) is 29.8 Å². The summed E-state index contributed by atoms with van der Waals surface area (Å²) in [6, 6.07) is 1.45. The third-order valence-corrected chi connectivity index (χ3v) is 3.80. The van der Waals surface area contributed by atoms with E-state index in [2.05, 4.69) is 11.6 Å². The van der Waals surface area contributed by atoms with Crippen LogP contribution in [-0.2, 0) is 9.05 Å². The first kappa shape index (κ1) is 12.2. The second-order valence-electron chi connectivity index (χ2n) is 3.71. The largest absolute Gasteiger partial charge is 0.467 e. The van der Waals surface area contributed by atoms with Crippen molar-refractivity contribution >= 4 is 25.4 Å². The molecule has 0 N–H and O–H groups in total. The highest BCUT2D eigenvalue weighted by molar-refractivity contribution is 8.13. The lowest BCUT2D eigenvalue weighted by atomic mass is 10.2. The minimum Gasteiger partial charge on any atom is -0.467 e. The van der Waals surface area contributed by atoms with Crippen molar-refractivity contribution in [2.45, 2.75) is 11.0 Å². The van der Waals surface area contributed by atoms with E-state index in [1.807, 2.05) is 11.9 Å². The maximum Gasteiger partial charge on any atom is 0.262 e. The quantitative estimate of drug-likeness (QED) is 0.603. The first-order valence-electron chi connectivity index (χ1n) is 4.87. The van der Waals surface area contributed by atoms with Gasteiger partial charge in [-0.25, -0.2) is 13.4 Å². The SMILES string of the molecule is C=C[C@H]1CN(C)c2cc(S(=O)(=O)Cl)cnc2O1. The number of halogens is 1. The number of hydrogen-bond donors (Lipinski definition) is 0. The van der Waals surface area contributed by atoms with Gasteiger partial charge in [0, 0.05) is 17.7 Å². The Balaban J connectivity index is 2.47. The van der Waals surface area contributed by atoms with E-state index in [1.54, 1.807) is 6.08 Å². The molecule has 2 rings (SSSR count). The Morgan fingerprint density at radius 3 is 3.00 bits per heavy atom. The fourth-order valence-corrected chi connectivity index (χ4v) is 2.28. The summed E-state index contributed by atoms with van der Waals surface area (Å²) in [7, 11) is 3.31. The Morgan fingerprint density at radius 1 is 1.71 bits per heavy atom. The van der Waals surface area contributed by atoms with Gasteiger partial charge in [-0.15, -0.1) is 0 Å². The Hall–Kier alpha value is -1.27. The second-order valence-corrected chi connectivity index (χ2v) is 6.27. The normalized spacial score (nSPS) is 19.4. The summed E-state index contributed by atoms with van der Waals surface area (Å²) in [6.45, 7) is 4.24. The molecule has 1 atom stereocenters. The van der Waals surface area contributed by atoms with E-state index in [-0.39, 0.29) is 11.0 Å². The van der Waals surface area contributed by atoms with Crippen LogP contribution in [0.1, 0.15) is 0 Å². The van der Waals surface area contributed by atoms with Gasteiger partial charge in [0.05, 0.1) is 12.7 Å². The van der Waals surface area contributed by atoms with E-state index in [4.69, 9.17) is 15.4 Å². The molecule has 0 amide bonds. The fraction of sp³-hybridized carbons (Fsp3) is 0.300. The van der Waals surface area contributed by atoms with Gasteiger partial charge in [-0.3, -0.25) is 0 Å². The standard InChI is InChI=1S/C10H11ClN2O3S/c1-3-7-6-13(2)9-4-8(17(11,14)15)5-12-10(9)16-7/h3-5,7H,1,6H2,2H3/t7-/m0/s1. The Labute approximate surface area is 104 Å². The third-order valence-electron chi connectivity index (χ3n) is 2.48. The third kappa shape index (κ3) is 2.37. The van der Waals surface area contributed by atoms with Crippen LogP contribution in [0.25, 0.3) is 0 Å². The molecule has 2 heterocycles. The van der Waals surface area contributed by atoms with Crippen LogP contribution in [0, 0.1) is 0 Å². The summed E-state index contributed by atoms with van der Waals surface area (Å²) in [5.74, 6) is 0.382. The Morgan fingerprint density at radius 2 is 2.41 bits per heavy atom. The van der Waals surface area contributed by atoms with Crippen LogP contribution in [0.2, 0.25) is 0 Å². The summed E-state index contributed by atoms with van der Waals surface area (Å²) in [4.78, 5) is 5.77. The van der Waals surface area contributed by atoms with Gasteiger partial charge < -0.3 is 9.64 Å². The molecule has 17 heavy (non-hydrogen) atoms. The molecule has 5 nitrogen and oxygen atoms in total. The smallest absolute Gasteiger partial charge is 0.262 e. The summed E-state index contributed by atoms with van der Waals surface area (Å²) in [5, 5.41) is 0. The predicted octanol–water partition coefficient (Wildman–Crippen LogP) is 1.39. The lowest BCUT2D eigenvalue weighted by Crippen LogP contribution is -2.36. The number of nitrogens with zero attached hydrogens (tertiary/aromatic N) is 2. The zero-order valence-electron chi connectivity index (χ0n) is 9.13. The molecular formula is C10H11ClN2O3S. The fourth-order valence-electron chi connectivity index (χ4n) is 1.59. The van der Waals surface area contributed by atoms with Crippen molar-refractivity contribution in [1.29, 1.82) is 0 Å². The van der Waals surface area contributed by atoms with E-state index < -0.39 is 9.05 Å². The molecule has 0 unspecified atom stereocenters. The lowest BCUT2D eigenvalue weighted by molar-refractivity contribution is 0.232. The van der Waals surface area contributed by atoms with Crippen molar-refractivity contribution in [3.63, 3.8) is 0 Å².